The number of allylic oxidation sites excluding steroid dienone is 4. The zero-order valence-corrected chi connectivity index (χ0v) is 6.86. The second-order valence-electron chi connectivity index (χ2n) is 2.54. The maximum atomic E-state index is 8.93. The summed E-state index contributed by atoms with van der Waals surface area (Å²) in [6.07, 6.45) is 7.23. The molecule has 0 fully saturated rings. The van der Waals surface area contributed by atoms with Gasteiger partial charge in [-0.15, -0.1) is 0 Å². The van der Waals surface area contributed by atoms with E-state index in [-0.39, 0.29) is 5.76 Å². The van der Waals surface area contributed by atoms with E-state index in [4.69, 9.17) is 10.2 Å². The summed E-state index contributed by atoms with van der Waals surface area (Å²) < 4.78 is 0. The van der Waals surface area contributed by atoms with Gasteiger partial charge in [0.25, 0.3) is 0 Å². The molecule has 0 spiro atoms. The first kappa shape index (κ1) is 9.82. The molecular weight excluding hydrogens is 140 g/mol. The Balaban J connectivity index is 3.91. The average Bonchev–Trinajstić information content (AvgIpc) is 1.87. The van der Waals surface area contributed by atoms with Crippen molar-refractivity contribution in [1.29, 1.82) is 0 Å². The summed E-state index contributed by atoms with van der Waals surface area (Å²) in [6, 6.07) is 0. The lowest BCUT2D eigenvalue weighted by atomic mass is 10.2. The summed E-state index contributed by atoms with van der Waals surface area (Å²) in [5.41, 5.74) is 0. The summed E-state index contributed by atoms with van der Waals surface area (Å²) in [5.74, 6) is 0.515. The summed E-state index contributed by atoms with van der Waals surface area (Å²) in [4.78, 5) is 0. The largest absolute Gasteiger partial charge is 0.515 e. The molecule has 0 atom stereocenters. The number of hydrogen-bond donors (Lipinski definition) is 2. The summed E-state index contributed by atoms with van der Waals surface area (Å²) in [6.45, 7) is 4.09. The molecule has 0 saturated carbocycles. The predicted molar refractivity (Wildman–Crippen MR) is 46.5 cm³/mol. The first-order valence-electron chi connectivity index (χ1n) is 3.55. The van der Waals surface area contributed by atoms with E-state index >= 15 is 0 Å². The van der Waals surface area contributed by atoms with Crippen molar-refractivity contribution in [3.05, 3.63) is 36.3 Å². The van der Waals surface area contributed by atoms with Gasteiger partial charge in [0, 0.05) is 6.08 Å². The number of rotatable bonds is 3. The van der Waals surface area contributed by atoms with E-state index in [0.29, 0.717) is 5.92 Å². The molecule has 0 unspecified atom stereocenters. The van der Waals surface area contributed by atoms with Crippen LogP contribution in [0.25, 0.3) is 0 Å². The summed E-state index contributed by atoms with van der Waals surface area (Å²) in [5, 5.41) is 17.2. The van der Waals surface area contributed by atoms with E-state index in [1.54, 1.807) is 6.08 Å². The lowest BCUT2D eigenvalue weighted by Gasteiger charge is -1.90. The SMILES string of the molecule is CC(C)/C=C/C=C(O)\C=C\O. The Hall–Kier alpha value is -1.18. The Labute approximate surface area is 67.2 Å². The lowest BCUT2D eigenvalue weighted by Crippen LogP contribution is -1.76. The van der Waals surface area contributed by atoms with Crippen molar-refractivity contribution in [2.45, 2.75) is 13.8 Å². The van der Waals surface area contributed by atoms with Crippen LogP contribution >= 0.6 is 0 Å². The molecule has 0 aliphatic heterocycles. The first-order chi connectivity index (χ1) is 5.16. The second-order valence-corrected chi connectivity index (χ2v) is 2.54. The predicted octanol–water partition coefficient (Wildman–Crippen LogP) is 2.71. The van der Waals surface area contributed by atoms with Crippen LogP contribution in [0, 0.1) is 5.92 Å². The normalized spacial score (nSPS) is 13.9. The lowest BCUT2D eigenvalue weighted by molar-refractivity contribution is 0.420. The van der Waals surface area contributed by atoms with Gasteiger partial charge in [-0.2, -0.15) is 0 Å². The highest BCUT2D eigenvalue weighted by atomic mass is 16.3. The Morgan fingerprint density at radius 1 is 1.36 bits per heavy atom. The van der Waals surface area contributed by atoms with E-state index in [2.05, 4.69) is 0 Å². The van der Waals surface area contributed by atoms with E-state index < -0.39 is 0 Å². The molecule has 2 nitrogen and oxygen atoms in total. The van der Waals surface area contributed by atoms with Crippen molar-refractivity contribution >= 4 is 0 Å². The van der Waals surface area contributed by atoms with Crippen LogP contribution in [0.1, 0.15) is 13.8 Å². The van der Waals surface area contributed by atoms with Crippen molar-refractivity contribution in [2.75, 3.05) is 0 Å². The van der Waals surface area contributed by atoms with Crippen molar-refractivity contribution in [3.8, 4) is 0 Å². The minimum atomic E-state index is 0.0457. The first-order valence-corrected chi connectivity index (χ1v) is 3.55. The highest BCUT2D eigenvalue weighted by molar-refractivity contribution is 5.15. The minimum absolute atomic E-state index is 0.0457. The van der Waals surface area contributed by atoms with Gasteiger partial charge in [0.05, 0.1) is 6.26 Å². The van der Waals surface area contributed by atoms with Gasteiger partial charge in [-0.3, -0.25) is 0 Å². The average molecular weight is 154 g/mol. The van der Waals surface area contributed by atoms with Crippen LogP contribution in [0.5, 0.6) is 0 Å². The third-order valence-electron chi connectivity index (χ3n) is 1.01. The highest BCUT2D eigenvalue weighted by Crippen LogP contribution is 1.96. The second kappa shape index (κ2) is 5.59. The molecule has 62 valence electrons. The maximum Gasteiger partial charge on any atom is 0.118 e. The Morgan fingerprint density at radius 2 is 2.00 bits per heavy atom. The quantitative estimate of drug-likeness (QED) is 0.484. The van der Waals surface area contributed by atoms with Gasteiger partial charge in [-0.1, -0.05) is 26.0 Å². The molecule has 0 aromatic heterocycles. The number of aliphatic hydroxyl groups excluding tert-OH is 2. The zero-order valence-electron chi connectivity index (χ0n) is 6.86. The summed E-state index contributed by atoms with van der Waals surface area (Å²) in [7, 11) is 0. The molecular formula is C9H14O2. The number of aliphatic hydroxyl groups is 2. The van der Waals surface area contributed by atoms with E-state index in [1.165, 1.54) is 12.2 Å². The van der Waals surface area contributed by atoms with Gasteiger partial charge in [-0.05, 0) is 12.0 Å². The van der Waals surface area contributed by atoms with Crippen LogP contribution in [0.15, 0.2) is 36.3 Å². The molecule has 0 amide bonds. The molecule has 2 N–H and O–H groups in total. The maximum absolute atomic E-state index is 8.93. The monoisotopic (exact) mass is 154 g/mol. The van der Waals surface area contributed by atoms with E-state index in [1.807, 2.05) is 19.9 Å². The number of hydrogen-bond acceptors (Lipinski definition) is 2. The summed E-state index contributed by atoms with van der Waals surface area (Å²) >= 11 is 0. The molecule has 0 aromatic rings. The van der Waals surface area contributed by atoms with Crippen LogP contribution in [0.4, 0.5) is 0 Å². The van der Waals surface area contributed by atoms with E-state index in [0.717, 1.165) is 6.26 Å². The van der Waals surface area contributed by atoms with Crippen molar-refractivity contribution in [3.63, 3.8) is 0 Å². The van der Waals surface area contributed by atoms with Crippen LogP contribution in [0.2, 0.25) is 0 Å². The Bertz CT molecular complexity index is 176. The molecule has 0 saturated heterocycles. The van der Waals surface area contributed by atoms with Gasteiger partial charge in [0.15, 0.2) is 0 Å². The standard InChI is InChI=1S/C9H14O2/c1-8(2)4-3-5-9(11)6-7-10/h3-8,10-11H,1-2H3/b4-3+,7-6+,9-5+. The van der Waals surface area contributed by atoms with Crippen LogP contribution in [0.3, 0.4) is 0 Å². The fourth-order valence-corrected chi connectivity index (χ4v) is 0.508. The van der Waals surface area contributed by atoms with Crippen molar-refractivity contribution < 1.29 is 10.2 Å². The minimum Gasteiger partial charge on any atom is -0.515 e. The molecule has 0 aromatic carbocycles. The molecule has 0 radical (unpaired) electrons. The Kier molecular flexibility index (Phi) is 4.99. The van der Waals surface area contributed by atoms with Gasteiger partial charge >= 0.3 is 0 Å². The molecule has 0 heterocycles. The fraction of sp³-hybridized carbons (Fsp3) is 0.333. The third kappa shape index (κ3) is 6.71. The Morgan fingerprint density at radius 3 is 2.45 bits per heavy atom. The molecule has 0 rings (SSSR count). The molecule has 2 heteroatoms. The highest BCUT2D eigenvalue weighted by Gasteiger charge is 1.82. The molecule has 0 aliphatic rings. The van der Waals surface area contributed by atoms with Crippen LogP contribution in [-0.2, 0) is 0 Å². The molecule has 11 heavy (non-hydrogen) atoms. The van der Waals surface area contributed by atoms with Crippen LogP contribution < -0.4 is 0 Å². The van der Waals surface area contributed by atoms with Gasteiger partial charge in [-0.25, -0.2) is 0 Å². The third-order valence-corrected chi connectivity index (χ3v) is 1.01. The van der Waals surface area contributed by atoms with Crippen molar-refractivity contribution in [2.24, 2.45) is 5.92 Å². The zero-order chi connectivity index (χ0) is 8.69. The molecule has 0 aliphatic carbocycles. The van der Waals surface area contributed by atoms with Gasteiger partial charge in [0.2, 0.25) is 0 Å². The van der Waals surface area contributed by atoms with E-state index in [9.17, 15) is 0 Å². The van der Waals surface area contributed by atoms with Gasteiger partial charge in [0.1, 0.15) is 5.76 Å². The van der Waals surface area contributed by atoms with Gasteiger partial charge < -0.3 is 10.2 Å². The van der Waals surface area contributed by atoms with Crippen molar-refractivity contribution in [1.82, 2.24) is 0 Å². The van der Waals surface area contributed by atoms with Crippen LogP contribution in [-0.4, -0.2) is 10.2 Å². The fourth-order valence-electron chi connectivity index (χ4n) is 0.508. The molecule has 0 bridgehead atoms. The smallest absolute Gasteiger partial charge is 0.118 e. The topological polar surface area (TPSA) is 40.5 Å².